The zero-order chi connectivity index (χ0) is 19.1. The number of fused-ring (bicyclic) bond motifs is 1. The van der Waals surface area contributed by atoms with E-state index in [9.17, 15) is 22.8 Å². The van der Waals surface area contributed by atoms with Gasteiger partial charge in [-0.1, -0.05) is 0 Å². The molecular formula is C18H19F3N2O3. The van der Waals surface area contributed by atoms with Gasteiger partial charge < -0.3 is 14.6 Å². The normalized spacial score (nSPS) is 16.2. The number of carbonyl (C=O) groups excluding carboxylic acids is 1. The maximum absolute atomic E-state index is 12.9. The van der Waals surface area contributed by atoms with Gasteiger partial charge in [0.25, 0.3) is 5.91 Å². The van der Waals surface area contributed by atoms with Gasteiger partial charge in [0.1, 0.15) is 5.69 Å². The first-order chi connectivity index (χ1) is 12.2. The molecule has 1 aliphatic rings. The largest absolute Gasteiger partial charge is 0.481 e. The summed E-state index contributed by atoms with van der Waals surface area (Å²) in [5.41, 5.74) is 0.141. The number of nitrogens with zero attached hydrogens (tertiary/aromatic N) is 2. The van der Waals surface area contributed by atoms with E-state index in [-0.39, 0.29) is 18.2 Å². The van der Waals surface area contributed by atoms with Crippen LogP contribution >= 0.6 is 0 Å². The highest BCUT2D eigenvalue weighted by molar-refractivity contribution is 5.99. The summed E-state index contributed by atoms with van der Waals surface area (Å²) in [5, 5.41) is 9.22. The summed E-state index contributed by atoms with van der Waals surface area (Å²) in [6, 6.07) is 4.91. The standard InChI is InChI=1S/C18H19F3N2O3/c1-22-14-3-2-13(18(19,20)21)9-12(14)10-15(22)17(26)23-6-4-11(5-7-23)8-16(24)25/h2-3,9-11H,4-8H2,1H3,(H,24,25). The topological polar surface area (TPSA) is 62.5 Å². The van der Waals surface area contributed by atoms with Crippen molar-refractivity contribution in [3.8, 4) is 0 Å². The summed E-state index contributed by atoms with van der Waals surface area (Å²) in [5.74, 6) is -1.03. The minimum atomic E-state index is -4.43. The van der Waals surface area contributed by atoms with Crippen LogP contribution in [-0.4, -0.2) is 39.5 Å². The number of piperidine rings is 1. The summed E-state index contributed by atoms with van der Waals surface area (Å²) in [6.45, 7) is 0.901. The molecule has 140 valence electrons. The summed E-state index contributed by atoms with van der Waals surface area (Å²) in [7, 11) is 1.65. The Hall–Kier alpha value is -2.51. The van der Waals surface area contributed by atoms with E-state index in [1.165, 1.54) is 12.1 Å². The van der Waals surface area contributed by atoms with Crippen molar-refractivity contribution in [2.75, 3.05) is 13.1 Å². The zero-order valence-corrected chi connectivity index (χ0v) is 14.2. The lowest BCUT2D eigenvalue weighted by Gasteiger charge is -2.31. The Labute approximate surface area is 148 Å². The molecule has 0 saturated carbocycles. The second-order valence-electron chi connectivity index (χ2n) is 6.69. The Morgan fingerprint density at radius 1 is 1.19 bits per heavy atom. The van der Waals surface area contributed by atoms with Crippen molar-refractivity contribution in [2.24, 2.45) is 13.0 Å². The number of carbonyl (C=O) groups is 2. The first-order valence-corrected chi connectivity index (χ1v) is 8.34. The molecule has 1 saturated heterocycles. The van der Waals surface area contributed by atoms with Crippen molar-refractivity contribution in [3.63, 3.8) is 0 Å². The van der Waals surface area contributed by atoms with Gasteiger partial charge >= 0.3 is 12.1 Å². The number of benzene rings is 1. The maximum Gasteiger partial charge on any atom is 0.416 e. The summed E-state index contributed by atoms with van der Waals surface area (Å²) < 4.78 is 40.2. The molecule has 0 atom stereocenters. The summed E-state index contributed by atoms with van der Waals surface area (Å²) >= 11 is 0. The molecule has 3 rings (SSSR count). The number of amides is 1. The number of aromatic nitrogens is 1. The lowest BCUT2D eigenvalue weighted by molar-refractivity contribution is -0.139. The van der Waals surface area contributed by atoms with Crippen LogP contribution in [0.1, 0.15) is 35.3 Å². The number of carboxylic acid groups (broad SMARTS) is 1. The Morgan fingerprint density at radius 2 is 1.85 bits per heavy atom. The van der Waals surface area contributed by atoms with E-state index in [2.05, 4.69) is 0 Å². The highest BCUT2D eigenvalue weighted by atomic mass is 19.4. The number of likely N-dealkylation sites (tertiary alicyclic amines) is 1. The second-order valence-corrected chi connectivity index (χ2v) is 6.69. The van der Waals surface area contributed by atoms with E-state index in [1.807, 2.05) is 0 Å². The van der Waals surface area contributed by atoms with Crippen molar-refractivity contribution in [1.82, 2.24) is 9.47 Å². The first kappa shape index (κ1) is 18.3. The molecule has 26 heavy (non-hydrogen) atoms. The molecule has 0 unspecified atom stereocenters. The Kier molecular flexibility index (Phi) is 4.68. The van der Waals surface area contributed by atoms with Crippen LogP contribution in [0.5, 0.6) is 0 Å². The van der Waals surface area contributed by atoms with Crippen LogP contribution in [0.25, 0.3) is 10.9 Å². The van der Waals surface area contributed by atoms with Crippen LogP contribution in [-0.2, 0) is 18.0 Å². The van der Waals surface area contributed by atoms with Crippen molar-refractivity contribution < 1.29 is 27.9 Å². The number of halogens is 3. The van der Waals surface area contributed by atoms with Gasteiger partial charge in [0.2, 0.25) is 0 Å². The van der Waals surface area contributed by atoms with E-state index < -0.39 is 17.7 Å². The van der Waals surface area contributed by atoms with Crippen LogP contribution < -0.4 is 0 Å². The maximum atomic E-state index is 12.9. The van der Waals surface area contributed by atoms with Crippen LogP contribution in [0.15, 0.2) is 24.3 Å². The molecule has 0 aliphatic carbocycles. The van der Waals surface area contributed by atoms with Crippen LogP contribution in [0.3, 0.4) is 0 Å². The van der Waals surface area contributed by atoms with E-state index in [0.29, 0.717) is 42.5 Å². The van der Waals surface area contributed by atoms with Gasteiger partial charge in [0, 0.05) is 37.5 Å². The minimum absolute atomic E-state index is 0.0541. The predicted octanol–water partition coefficient (Wildman–Crippen LogP) is 3.52. The fourth-order valence-corrected chi connectivity index (χ4v) is 3.48. The molecule has 1 aromatic carbocycles. The average Bonchev–Trinajstić information content (AvgIpc) is 2.90. The number of aryl methyl sites for hydroxylation is 1. The number of aliphatic carboxylic acids is 1. The van der Waals surface area contributed by atoms with Gasteiger partial charge in [-0.25, -0.2) is 0 Å². The highest BCUT2D eigenvalue weighted by Gasteiger charge is 2.31. The van der Waals surface area contributed by atoms with Crippen molar-refractivity contribution in [1.29, 1.82) is 0 Å². The molecule has 2 aromatic rings. The Balaban J connectivity index is 1.81. The van der Waals surface area contributed by atoms with Gasteiger partial charge in [-0.3, -0.25) is 9.59 Å². The van der Waals surface area contributed by atoms with E-state index in [4.69, 9.17) is 5.11 Å². The van der Waals surface area contributed by atoms with Gasteiger partial charge in [0.05, 0.1) is 5.56 Å². The third-order valence-electron chi connectivity index (χ3n) is 4.95. The lowest BCUT2D eigenvalue weighted by atomic mass is 9.93. The highest BCUT2D eigenvalue weighted by Crippen LogP contribution is 2.32. The molecule has 0 radical (unpaired) electrons. The predicted molar refractivity (Wildman–Crippen MR) is 88.8 cm³/mol. The fraction of sp³-hybridized carbons (Fsp3) is 0.444. The molecule has 1 amide bonds. The van der Waals surface area contributed by atoms with Gasteiger partial charge in [-0.05, 0) is 43.0 Å². The molecule has 2 heterocycles. The molecule has 5 nitrogen and oxygen atoms in total. The van der Waals surface area contributed by atoms with Crippen LogP contribution in [0.2, 0.25) is 0 Å². The van der Waals surface area contributed by atoms with Crippen molar-refractivity contribution in [2.45, 2.75) is 25.4 Å². The number of rotatable bonds is 3. The van der Waals surface area contributed by atoms with Crippen LogP contribution in [0, 0.1) is 5.92 Å². The lowest BCUT2D eigenvalue weighted by Crippen LogP contribution is -2.39. The molecule has 1 aromatic heterocycles. The minimum Gasteiger partial charge on any atom is -0.481 e. The molecular weight excluding hydrogens is 349 g/mol. The van der Waals surface area contributed by atoms with E-state index >= 15 is 0 Å². The molecule has 0 spiro atoms. The van der Waals surface area contributed by atoms with Crippen LogP contribution in [0.4, 0.5) is 13.2 Å². The fourth-order valence-electron chi connectivity index (χ4n) is 3.48. The summed E-state index contributed by atoms with van der Waals surface area (Å²) in [4.78, 5) is 25.2. The zero-order valence-electron chi connectivity index (χ0n) is 14.2. The molecule has 1 N–H and O–H groups in total. The van der Waals surface area contributed by atoms with Gasteiger partial charge in [-0.2, -0.15) is 13.2 Å². The molecule has 1 aliphatic heterocycles. The number of hydrogen-bond acceptors (Lipinski definition) is 2. The Morgan fingerprint density at radius 3 is 2.42 bits per heavy atom. The van der Waals surface area contributed by atoms with Gasteiger partial charge in [-0.15, -0.1) is 0 Å². The van der Waals surface area contributed by atoms with E-state index in [1.54, 1.807) is 16.5 Å². The third kappa shape index (κ3) is 3.54. The monoisotopic (exact) mass is 368 g/mol. The third-order valence-corrected chi connectivity index (χ3v) is 4.95. The molecule has 8 heteroatoms. The molecule has 0 bridgehead atoms. The first-order valence-electron chi connectivity index (χ1n) is 8.34. The van der Waals surface area contributed by atoms with E-state index in [0.717, 1.165) is 12.1 Å². The number of alkyl halides is 3. The number of hydrogen-bond donors (Lipinski definition) is 1. The Bertz CT molecular complexity index is 849. The van der Waals surface area contributed by atoms with Gasteiger partial charge in [0.15, 0.2) is 0 Å². The smallest absolute Gasteiger partial charge is 0.416 e. The van der Waals surface area contributed by atoms with Crippen molar-refractivity contribution >= 4 is 22.8 Å². The SMILES string of the molecule is Cn1c(C(=O)N2CCC(CC(=O)O)CC2)cc2cc(C(F)(F)F)ccc21. The molecule has 1 fully saturated rings. The second kappa shape index (κ2) is 6.66. The van der Waals surface area contributed by atoms with Crippen molar-refractivity contribution in [3.05, 3.63) is 35.5 Å². The summed E-state index contributed by atoms with van der Waals surface area (Å²) in [6.07, 6.45) is -3.11. The quantitative estimate of drug-likeness (QED) is 0.902. The average molecular weight is 368 g/mol. The number of carboxylic acids is 1.